The highest BCUT2D eigenvalue weighted by atomic mass is 19.2. The minimum absolute atomic E-state index is 0.0867. The molecule has 0 unspecified atom stereocenters. The van der Waals surface area contributed by atoms with Crippen LogP contribution in [0.4, 0.5) is 8.78 Å². The van der Waals surface area contributed by atoms with E-state index in [2.05, 4.69) is 0 Å². The lowest BCUT2D eigenvalue weighted by atomic mass is 10.1. The molecule has 108 valence electrons. The van der Waals surface area contributed by atoms with E-state index >= 15 is 0 Å². The largest absolute Gasteiger partial charge is 0.467 e. The molecule has 6 heteroatoms. The molecule has 0 bridgehead atoms. The van der Waals surface area contributed by atoms with Gasteiger partial charge in [0.15, 0.2) is 11.6 Å². The molecule has 0 saturated carbocycles. The molecule has 0 N–H and O–H groups in total. The number of hydrogen-bond donors (Lipinski definition) is 0. The number of carbonyl (C=O) groups is 1. The Hall–Kier alpha value is -2.68. The Morgan fingerprint density at radius 3 is 2.76 bits per heavy atom. The van der Waals surface area contributed by atoms with Crippen molar-refractivity contribution in [2.45, 2.75) is 13.0 Å². The van der Waals surface area contributed by atoms with Crippen molar-refractivity contribution in [2.24, 2.45) is 0 Å². The molecule has 0 atom stereocenters. The number of nitrogens with zero attached hydrogens (tertiary/aromatic N) is 2. The molecule has 1 heterocycles. The maximum atomic E-state index is 13.7. The summed E-state index contributed by atoms with van der Waals surface area (Å²) in [5.74, 6) is -2.46. The van der Waals surface area contributed by atoms with E-state index in [9.17, 15) is 13.6 Å². The SMILES string of the molecule is N#CCCN(Cc1ccco1)C(=O)c1cccc(F)c1F. The third-order valence-electron chi connectivity index (χ3n) is 2.89. The number of furan rings is 1. The first kappa shape index (κ1) is 14.7. The number of nitriles is 1. The van der Waals surface area contributed by atoms with Crippen LogP contribution in [-0.4, -0.2) is 17.4 Å². The molecule has 0 aliphatic heterocycles. The summed E-state index contributed by atoms with van der Waals surface area (Å²) in [6, 6.07) is 8.66. The van der Waals surface area contributed by atoms with Gasteiger partial charge in [-0.15, -0.1) is 0 Å². The molecule has 1 aromatic heterocycles. The summed E-state index contributed by atoms with van der Waals surface area (Å²) in [6.07, 6.45) is 1.54. The highest BCUT2D eigenvalue weighted by molar-refractivity contribution is 5.94. The number of hydrogen-bond acceptors (Lipinski definition) is 3. The maximum Gasteiger partial charge on any atom is 0.257 e. The molecule has 2 rings (SSSR count). The van der Waals surface area contributed by atoms with Gasteiger partial charge in [-0.1, -0.05) is 6.07 Å². The Labute approximate surface area is 120 Å². The number of amides is 1. The lowest BCUT2D eigenvalue weighted by molar-refractivity contribution is 0.0729. The number of carbonyl (C=O) groups excluding carboxylic acids is 1. The quantitative estimate of drug-likeness (QED) is 0.850. The fraction of sp³-hybridized carbons (Fsp3) is 0.200. The van der Waals surface area contributed by atoms with Gasteiger partial charge in [0.1, 0.15) is 5.76 Å². The van der Waals surface area contributed by atoms with E-state index in [0.717, 1.165) is 6.07 Å². The van der Waals surface area contributed by atoms with Crippen molar-refractivity contribution >= 4 is 5.91 Å². The first-order valence-corrected chi connectivity index (χ1v) is 6.26. The molecular formula is C15H12F2N2O2. The van der Waals surface area contributed by atoms with Crippen molar-refractivity contribution in [3.63, 3.8) is 0 Å². The molecule has 0 spiro atoms. The Kier molecular flexibility index (Phi) is 4.67. The molecule has 21 heavy (non-hydrogen) atoms. The summed E-state index contributed by atoms with van der Waals surface area (Å²) in [5.41, 5.74) is -0.362. The standard InChI is InChI=1S/C15H12F2N2O2/c16-13-6-1-5-12(14(13)17)15(20)19(8-3-7-18)10-11-4-2-9-21-11/h1-2,4-6,9H,3,8,10H2. The molecule has 1 amide bonds. The van der Waals surface area contributed by atoms with Crippen molar-refractivity contribution < 1.29 is 18.0 Å². The van der Waals surface area contributed by atoms with E-state index in [-0.39, 0.29) is 25.1 Å². The van der Waals surface area contributed by atoms with E-state index in [1.807, 2.05) is 6.07 Å². The smallest absolute Gasteiger partial charge is 0.257 e. The zero-order valence-corrected chi connectivity index (χ0v) is 11.1. The second-order valence-electron chi connectivity index (χ2n) is 4.32. The van der Waals surface area contributed by atoms with Gasteiger partial charge < -0.3 is 9.32 Å². The van der Waals surface area contributed by atoms with Crippen molar-refractivity contribution in [3.05, 3.63) is 59.6 Å². The van der Waals surface area contributed by atoms with Crippen LogP contribution in [0, 0.1) is 23.0 Å². The molecule has 0 aliphatic rings. The van der Waals surface area contributed by atoms with E-state index in [0.29, 0.717) is 5.76 Å². The van der Waals surface area contributed by atoms with E-state index < -0.39 is 17.5 Å². The van der Waals surface area contributed by atoms with Crippen LogP contribution in [0.3, 0.4) is 0 Å². The summed E-state index contributed by atoms with van der Waals surface area (Å²) in [4.78, 5) is 13.6. The average molecular weight is 290 g/mol. The number of benzene rings is 1. The minimum atomic E-state index is -1.19. The van der Waals surface area contributed by atoms with Crippen LogP contribution in [0.5, 0.6) is 0 Å². The molecule has 1 aromatic carbocycles. The van der Waals surface area contributed by atoms with Crippen LogP contribution in [0.15, 0.2) is 41.0 Å². The van der Waals surface area contributed by atoms with Crippen LogP contribution in [-0.2, 0) is 6.54 Å². The van der Waals surface area contributed by atoms with Gasteiger partial charge in [0, 0.05) is 6.54 Å². The summed E-state index contributed by atoms with van der Waals surface area (Å²) in [6.45, 7) is 0.190. The van der Waals surface area contributed by atoms with Crippen LogP contribution < -0.4 is 0 Å². The zero-order valence-electron chi connectivity index (χ0n) is 11.1. The Morgan fingerprint density at radius 2 is 2.10 bits per heavy atom. The van der Waals surface area contributed by atoms with Crippen LogP contribution in [0.25, 0.3) is 0 Å². The monoisotopic (exact) mass is 290 g/mol. The van der Waals surface area contributed by atoms with Gasteiger partial charge in [-0.25, -0.2) is 8.78 Å². The first-order chi connectivity index (χ1) is 10.1. The molecule has 0 saturated heterocycles. The Balaban J connectivity index is 2.25. The van der Waals surface area contributed by atoms with Gasteiger partial charge in [-0.3, -0.25) is 4.79 Å². The highest BCUT2D eigenvalue weighted by Gasteiger charge is 2.21. The van der Waals surface area contributed by atoms with Crippen molar-refractivity contribution in [1.82, 2.24) is 4.90 Å². The average Bonchev–Trinajstić information content (AvgIpc) is 2.98. The van der Waals surface area contributed by atoms with Gasteiger partial charge in [0.25, 0.3) is 5.91 Å². The normalized spacial score (nSPS) is 10.1. The molecule has 0 aliphatic carbocycles. The highest BCUT2D eigenvalue weighted by Crippen LogP contribution is 2.16. The zero-order chi connectivity index (χ0) is 15.2. The third kappa shape index (κ3) is 3.45. The fourth-order valence-corrected chi connectivity index (χ4v) is 1.87. The van der Waals surface area contributed by atoms with E-state index in [1.54, 1.807) is 12.1 Å². The summed E-state index contributed by atoms with van der Waals surface area (Å²) >= 11 is 0. The predicted octanol–water partition coefficient (Wildman–Crippen LogP) is 3.11. The lowest BCUT2D eigenvalue weighted by Crippen LogP contribution is -2.32. The summed E-state index contributed by atoms with van der Waals surface area (Å²) < 4.78 is 32.1. The van der Waals surface area contributed by atoms with Crippen molar-refractivity contribution in [1.29, 1.82) is 5.26 Å². The van der Waals surface area contributed by atoms with Crippen LogP contribution in [0.1, 0.15) is 22.5 Å². The van der Waals surface area contributed by atoms with Crippen molar-refractivity contribution in [3.8, 4) is 6.07 Å². The third-order valence-corrected chi connectivity index (χ3v) is 2.89. The van der Waals surface area contributed by atoms with Crippen LogP contribution >= 0.6 is 0 Å². The van der Waals surface area contributed by atoms with Gasteiger partial charge in [-0.05, 0) is 24.3 Å². The first-order valence-electron chi connectivity index (χ1n) is 6.26. The lowest BCUT2D eigenvalue weighted by Gasteiger charge is -2.20. The topological polar surface area (TPSA) is 57.2 Å². The van der Waals surface area contributed by atoms with E-state index in [1.165, 1.54) is 23.3 Å². The number of halogens is 2. The second kappa shape index (κ2) is 6.66. The summed E-state index contributed by atoms with van der Waals surface area (Å²) in [7, 11) is 0. The molecule has 4 nitrogen and oxygen atoms in total. The van der Waals surface area contributed by atoms with Gasteiger partial charge >= 0.3 is 0 Å². The Morgan fingerprint density at radius 1 is 1.29 bits per heavy atom. The second-order valence-corrected chi connectivity index (χ2v) is 4.32. The van der Waals surface area contributed by atoms with Gasteiger partial charge in [0.05, 0.1) is 30.9 Å². The maximum absolute atomic E-state index is 13.7. The van der Waals surface area contributed by atoms with Gasteiger partial charge in [-0.2, -0.15) is 5.26 Å². The molecular weight excluding hydrogens is 278 g/mol. The predicted molar refractivity (Wildman–Crippen MR) is 70.0 cm³/mol. The molecule has 2 aromatic rings. The summed E-state index contributed by atoms with van der Waals surface area (Å²) in [5, 5.41) is 8.65. The van der Waals surface area contributed by atoms with Gasteiger partial charge in [0.2, 0.25) is 0 Å². The molecule has 0 radical (unpaired) electrons. The Bertz CT molecular complexity index is 663. The van der Waals surface area contributed by atoms with Crippen molar-refractivity contribution in [2.75, 3.05) is 6.54 Å². The van der Waals surface area contributed by atoms with E-state index in [4.69, 9.17) is 9.68 Å². The minimum Gasteiger partial charge on any atom is -0.467 e. The fourth-order valence-electron chi connectivity index (χ4n) is 1.87. The molecule has 0 fully saturated rings. The number of rotatable bonds is 5. The van der Waals surface area contributed by atoms with Crippen LogP contribution in [0.2, 0.25) is 0 Å².